The van der Waals surface area contributed by atoms with E-state index in [1.54, 1.807) is 0 Å². The third-order valence-electron chi connectivity index (χ3n) is 3.48. The number of hydrogen-bond acceptors (Lipinski definition) is 3. The quantitative estimate of drug-likeness (QED) is 0.720. The van der Waals surface area contributed by atoms with Crippen molar-refractivity contribution in [3.8, 4) is 0 Å². The summed E-state index contributed by atoms with van der Waals surface area (Å²) in [5.41, 5.74) is 0. The molecule has 0 aromatic carbocycles. The lowest BCUT2D eigenvalue weighted by Gasteiger charge is -2.27. The summed E-state index contributed by atoms with van der Waals surface area (Å²) in [6, 6.07) is 0. The zero-order valence-corrected chi connectivity index (χ0v) is 11.6. The van der Waals surface area contributed by atoms with E-state index in [2.05, 4.69) is 12.2 Å². The first-order chi connectivity index (χ1) is 8.08. The van der Waals surface area contributed by atoms with Gasteiger partial charge in [-0.3, -0.25) is 0 Å². The van der Waals surface area contributed by atoms with E-state index < -0.39 is 0 Å². The molecule has 0 saturated heterocycles. The summed E-state index contributed by atoms with van der Waals surface area (Å²) in [7, 11) is 0. The summed E-state index contributed by atoms with van der Waals surface area (Å²) in [6.07, 6.45) is 5.26. The van der Waals surface area contributed by atoms with Crippen LogP contribution in [0, 0.1) is 11.8 Å². The molecule has 3 nitrogen and oxygen atoms in total. The molecule has 17 heavy (non-hydrogen) atoms. The van der Waals surface area contributed by atoms with Gasteiger partial charge in [0.1, 0.15) is 0 Å². The van der Waals surface area contributed by atoms with Gasteiger partial charge in [0.15, 0.2) is 0 Å². The fourth-order valence-electron chi connectivity index (χ4n) is 2.56. The van der Waals surface area contributed by atoms with Gasteiger partial charge in [-0.05, 0) is 45.1 Å². The number of aliphatic hydroxyl groups is 1. The first kappa shape index (κ1) is 14.9. The first-order valence-electron chi connectivity index (χ1n) is 7.08. The molecule has 1 aliphatic carbocycles. The average molecular weight is 243 g/mol. The van der Waals surface area contributed by atoms with Crippen molar-refractivity contribution in [2.75, 3.05) is 19.7 Å². The number of hydrogen-bond donors (Lipinski definition) is 2. The Morgan fingerprint density at radius 1 is 1.35 bits per heavy atom. The minimum Gasteiger partial charge on any atom is -0.389 e. The molecule has 0 radical (unpaired) electrons. The van der Waals surface area contributed by atoms with Crippen molar-refractivity contribution in [3.05, 3.63) is 0 Å². The molecule has 0 amide bonds. The zero-order valence-electron chi connectivity index (χ0n) is 11.6. The van der Waals surface area contributed by atoms with E-state index in [-0.39, 0.29) is 12.2 Å². The number of nitrogens with one attached hydrogen (secondary N) is 1. The Hall–Kier alpha value is -0.120. The van der Waals surface area contributed by atoms with E-state index in [0.717, 1.165) is 18.4 Å². The fraction of sp³-hybridized carbons (Fsp3) is 1.00. The van der Waals surface area contributed by atoms with E-state index in [1.807, 2.05) is 13.8 Å². The van der Waals surface area contributed by atoms with Crippen LogP contribution in [0.1, 0.15) is 46.5 Å². The molecule has 2 N–H and O–H groups in total. The van der Waals surface area contributed by atoms with Gasteiger partial charge in [0.05, 0.1) is 18.8 Å². The molecule has 0 aliphatic heterocycles. The Morgan fingerprint density at radius 2 is 2.12 bits per heavy atom. The van der Waals surface area contributed by atoms with Crippen LogP contribution in [0.3, 0.4) is 0 Å². The Balaban J connectivity index is 2.02. The lowest BCUT2D eigenvalue weighted by atomic mass is 9.82. The van der Waals surface area contributed by atoms with E-state index in [1.165, 1.54) is 25.7 Å². The van der Waals surface area contributed by atoms with Crippen LogP contribution >= 0.6 is 0 Å². The van der Waals surface area contributed by atoms with Crippen molar-refractivity contribution in [1.29, 1.82) is 0 Å². The van der Waals surface area contributed by atoms with Gasteiger partial charge >= 0.3 is 0 Å². The third-order valence-corrected chi connectivity index (χ3v) is 3.48. The highest BCUT2D eigenvalue weighted by Gasteiger charge is 2.18. The summed E-state index contributed by atoms with van der Waals surface area (Å²) in [6.45, 7) is 8.46. The largest absolute Gasteiger partial charge is 0.389 e. The average Bonchev–Trinajstić information content (AvgIpc) is 2.26. The van der Waals surface area contributed by atoms with Crippen LogP contribution in [0.15, 0.2) is 0 Å². The van der Waals surface area contributed by atoms with Crippen molar-refractivity contribution in [1.82, 2.24) is 5.32 Å². The van der Waals surface area contributed by atoms with Crippen LogP contribution in [-0.2, 0) is 4.74 Å². The molecule has 0 aromatic heterocycles. The Kier molecular flexibility index (Phi) is 7.09. The van der Waals surface area contributed by atoms with E-state index in [9.17, 15) is 5.11 Å². The maximum absolute atomic E-state index is 9.69. The molecule has 0 spiro atoms. The first-order valence-corrected chi connectivity index (χ1v) is 7.08. The van der Waals surface area contributed by atoms with Crippen molar-refractivity contribution >= 4 is 0 Å². The predicted molar refractivity (Wildman–Crippen MR) is 71.1 cm³/mol. The Morgan fingerprint density at radius 3 is 2.76 bits per heavy atom. The highest BCUT2D eigenvalue weighted by atomic mass is 16.5. The van der Waals surface area contributed by atoms with Crippen molar-refractivity contribution in [2.45, 2.75) is 58.7 Å². The van der Waals surface area contributed by atoms with Gasteiger partial charge in [-0.25, -0.2) is 0 Å². The van der Waals surface area contributed by atoms with Gasteiger partial charge in [0.2, 0.25) is 0 Å². The SMILES string of the molecule is CC1CCCC(CNCC(O)COC(C)C)C1. The minimum absolute atomic E-state index is 0.198. The molecule has 1 rings (SSSR count). The fourth-order valence-corrected chi connectivity index (χ4v) is 2.56. The van der Waals surface area contributed by atoms with Crippen LogP contribution in [0.5, 0.6) is 0 Å². The second-order valence-electron chi connectivity index (χ2n) is 5.83. The monoisotopic (exact) mass is 243 g/mol. The summed E-state index contributed by atoms with van der Waals surface area (Å²) < 4.78 is 5.37. The minimum atomic E-state index is -0.376. The maximum Gasteiger partial charge on any atom is 0.0897 e. The van der Waals surface area contributed by atoms with Crippen LogP contribution in [0.2, 0.25) is 0 Å². The molecule has 0 bridgehead atoms. The van der Waals surface area contributed by atoms with Crippen LogP contribution in [-0.4, -0.2) is 37.0 Å². The highest BCUT2D eigenvalue weighted by molar-refractivity contribution is 4.73. The van der Waals surface area contributed by atoms with Crippen LogP contribution < -0.4 is 5.32 Å². The molecule has 3 atom stereocenters. The number of aliphatic hydroxyl groups excluding tert-OH is 1. The molecule has 1 fully saturated rings. The molecule has 3 unspecified atom stereocenters. The van der Waals surface area contributed by atoms with Gasteiger partial charge in [0.25, 0.3) is 0 Å². The summed E-state index contributed by atoms with van der Waals surface area (Å²) in [5.74, 6) is 1.68. The molecule has 1 saturated carbocycles. The van der Waals surface area contributed by atoms with Gasteiger partial charge in [-0.15, -0.1) is 0 Å². The zero-order chi connectivity index (χ0) is 12.7. The molecular weight excluding hydrogens is 214 g/mol. The lowest BCUT2D eigenvalue weighted by Crippen LogP contribution is -2.35. The Bertz CT molecular complexity index is 197. The standard InChI is InChI=1S/C14H29NO2/c1-11(2)17-10-14(16)9-15-8-13-6-4-5-12(3)7-13/h11-16H,4-10H2,1-3H3. The summed E-state index contributed by atoms with van der Waals surface area (Å²) in [4.78, 5) is 0. The molecule has 0 heterocycles. The topological polar surface area (TPSA) is 41.5 Å². The normalized spacial score (nSPS) is 27.4. The van der Waals surface area contributed by atoms with Gasteiger partial charge in [0, 0.05) is 6.54 Å². The van der Waals surface area contributed by atoms with Gasteiger partial charge in [-0.1, -0.05) is 19.8 Å². The summed E-state index contributed by atoms with van der Waals surface area (Å²) >= 11 is 0. The second kappa shape index (κ2) is 8.06. The summed E-state index contributed by atoms with van der Waals surface area (Å²) in [5, 5.41) is 13.1. The van der Waals surface area contributed by atoms with E-state index >= 15 is 0 Å². The molecule has 0 aromatic rings. The molecular formula is C14H29NO2. The van der Waals surface area contributed by atoms with Crippen molar-refractivity contribution < 1.29 is 9.84 Å². The van der Waals surface area contributed by atoms with Crippen molar-refractivity contribution in [2.24, 2.45) is 11.8 Å². The Labute approximate surface area is 106 Å². The number of rotatable bonds is 7. The lowest BCUT2D eigenvalue weighted by molar-refractivity contribution is 0.00595. The molecule has 102 valence electrons. The smallest absolute Gasteiger partial charge is 0.0897 e. The van der Waals surface area contributed by atoms with Crippen LogP contribution in [0.4, 0.5) is 0 Å². The third kappa shape index (κ3) is 7.02. The maximum atomic E-state index is 9.69. The van der Waals surface area contributed by atoms with Gasteiger partial charge < -0.3 is 15.2 Å². The predicted octanol–water partition coefficient (Wildman–Crippen LogP) is 2.19. The second-order valence-corrected chi connectivity index (χ2v) is 5.83. The van der Waals surface area contributed by atoms with E-state index in [0.29, 0.717) is 13.2 Å². The van der Waals surface area contributed by atoms with Crippen molar-refractivity contribution in [3.63, 3.8) is 0 Å². The van der Waals surface area contributed by atoms with E-state index in [4.69, 9.17) is 4.74 Å². The molecule has 1 aliphatic rings. The van der Waals surface area contributed by atoms with Crippen LogP contribution in [0.25, 0.3) is 0 Å². The number of ether oxygens (including phenoxy) is 1. The molecule has 3 heteroatoms. The van der Waals surface area contributed by atoms with Gasteiger partial charge in [-0.2, -0.15) is 0 Å². The highest BCUT2D eigenvalue weighted by Crippen LogP contribution is 2.27.